The maximum atomic E-state index is 12.3. The zero-order valence-corrected chi connectivity index (χ0v) is 15.7. The summed E-state index contributed by atoms with van der Waals surface area (Å²) < 4.78 is 7.64. The minimum Gasteiger partial charge on any atom is -0.481 e. The first-order valence-corrected chi connectivity index (χ1v) is 9.19. The average Bonchev–Trinajstić information content (AvgIpc) is 3.20. The summed E-state index contributed by atoms with van der Waals surface area (Å²) in [4.78, 5) is 12.3. The van der Waals surface area contributed by atoms with Crippen molar-refractivity contribution < 1.29 is 9.53 Å². The monoisotopic (exact) mass is 363 g/mol. The van der Waals surface area contributed by atoms with Crippen LogP contribution in [0.3, 0.4) is 0 Å². The molecule has 1 aromatic heterocycles. The van der Waals surface area contributed by atoms with Crippen molar-refractivity contribution in [2.24, 2.45) is 5.92 Å². The number of ether oxygens (including phenoxy) is 1. The first-order valence-electron chi connectivity index (χ1n) is 9.19. The summed E-state index contributed by atoms with van der Waals surface area (Å²) in [6.45, 7) is 5.19. The number of rotatable bonds is 8. The van der Waals surface area contributed by atoms with E-state index in [9.17, 15) is 4.79 Å². The van der Waals surface area contributed by atoms with E-state index in [0.29, 0.717) is 12.3 Å². The molecule has 140 valence electrons. The van der Waals surface area contributed by atoms with Crippen molar-refractivity contribution in [3.8, 4) is 16.9 Å². The summed E-state index contributed by atoms with van der Waals surface area (Å²) in [7, 11) is 0. The summed E-state index contributed by atoms with van der Waals surface area (Å²) in [5.74, 6) is 0.850. The van der Waals surface area contributed by atoms with Crippen LogP contribution in [0, 0.1) is 5.92 Å². The van der Waals surface area contributed by atoms with Gasteiger partial charge in [-0.05, 0) is 42.2 Å². The predicted molar refractivity (Wildman–Crippen MR) is 106 cm³/mol. The van der Waals surface area contributed by atoms with Crippen LogP contribution in [0.5, 0.6) is 5.75 Å². The summed E-state index contributed by atoms with van der Waals surface area (Å²) in [6.07, 6.45) is 3.12. The number of carbonyl (C=O) groups is 1. The van der Waals surface area contributed by atoms with Gasteiger partial charge < -0.3 is 10.1 Å². The molecule has 3 aromatic rings. The molecule has 0 aliphatic carbocycles. The van der Waals surface area contributed by atoms with Gasteiger partial charge in [0.15, 0.2) is 6.10 Å². The number of hydrogen-bond donors (Lipinski definition) is 1. The van der Waals surface area contributed by atoms with E-state index in [1.54, 1.807) is 13.1 Å². The van der Waals surface area contributed by atoms with Gasteiger partial charge in [0.1, 0.15) is 5.75 Å². The highest BCUT2D eigenvalue weighted by molar-refractivity contribution is 5.80. The fourth-order valence-corrected chi connectivity index (χ4v) is 2.83. The molecular weight excluding hydrogens is 338 g/mol. The summed E-state index contributed by atoms with van der Waals surface area (Å²) in [6, 6.07) is 19.8. The lowest BCUT2D eigenvalue weighted by atomic mass is 10.1. The zero-order valence-electron chi connectivity index (χ0n) is 15.7. The quantitative estimate of drug-likeness (QED) is 0.663. The van der Waals surface area contributed by atoms with Crippen LogP contribution in [0.2, 0.25) is 0 Å². The van der Waals surface area contributed by atoms with Gasteiger partial charge in [0.05, 0.1) is 0 Å². The molecule has 0 bridgehead atoms. The van der Waals surface area contributed by atoms with Crippen molar-refractivity contribution in [2.45, 2.75) is 26.5 Å². The maximum absolute atomic E-state index is 12.3. The largest absolute Gasteiger partial charge is 0.481 e. The summed E-state index contributed by atoms with van der Waals surface area (Å²) >= 11 is 0. The van der Waals surface area contributed by atoms with Crippen LogP contribution in [0.25, 0.3) is 11.1 Å². The van der Waals surface area contributed by atoms with Gasteiger partial charge in [0.2, 0.25) is 0 Å². The lowest BCUT2D eigenvalue weighted by Crippen LogP contribution is -2.39. The molecule has 0 saturated carbocycles. The Kier molecular flexibility index (Phi) is 6.26. The van der Waals surface area contributed by atoms with E-state index in [4.69, 9.17) is 4.74 Å². The Balaban J connectivity index is 1.47. The van der Waals surface area contributed by atoms with Crippen LogP contribution < -0.4 is 10.1 Å². The van der Waals surface area contributed by atoms with Crippen molar-refractivity contribution in [3.05, 3.63) is 73.1 Å². The van der Waals surface area contributed by atoms with Gasteiger partial charge in [0.25, 0.3) is 5.91 Å². The third-order valence-corrected chi connectivity index (χ3v) is 4.33. The van der Waals surface area contributed by atoms with Gasteiger partial charge >= 0.3 is 0 Å². The molecule has 0 aliphatic rings. The molecule has 5 nitrogen and oxygen atoms in total. The van der Waals surface area contributed by atoms with E-state index >= 15 is 0 Å². The number of carbonyl (C=O) groups excluding carboxylic acids is 1. The molecule has 1 N–H and O–H groups in total. The molecule has 0 saturated heterocycles. The van der Waals surface area contributed by atoms with Gasteiger partial charge in [-0.25, -0.2) is 0 Å². The summed E-state index contributed by atoms with van der Waals surface area (Å²) in [5.41, 5.74) is 2.27. The zero-order chi connectivity index (χ0) is 19.1. The van der Waals surface area contributed by atoms with Gasteiger partial charge in [-0.2, -0.15) is 5.10 Å². The van der Waals surface area contributed by atoms with E-state index < -0.39 is 6.10 Å². The molecule has 0 radical (unpaired) electrons. The van der Waals surface area contributed by atoms with E-state index in [1.165, 1.54) is 0 Å². The Bertz CT molecular complexity index is 830. The normalized spacial score (nSPS) is 13.0. The number of amides is 1. The van der Waals surface area contributed by atoms with Gasteiger partial charge in [-0.3, -0.25) is 9.48 Å². The Morgan fingerprint density at radius 2 is 1.74 bits per heavy atom. The van der Waals surface area contributed by atoms with Crippen LogP contribution in [0.4, 0.5) is 0 Å². The predicted octanol–water partition coefficient (Wildman–Crippen LogP) is 3.77. The second-order valence-electron chi connectivity index (χ2n) is 6.73. The first-order chi connectivity index (χ1) is 13.1. The highest BCUT2D eigenvalue weighted by Crippen LogP contribution is 2.22. The number of hydrogen-bond acceptors (Lipinski definition) is 3. The molecular formula is C22H25N3O2. The lowest BCUT2D eigenvalue weighted by Gasteiger charge is -2.17. The van der Waals surface area contributed by atoms with Gasteiger partial charge in [-0.15, -0.1) is 0 Å². The van der Waals surface area contributed by atoms with E-state index in [2.05, 4.69) is 29.5 Å². The Hall–Kier alpha value is -3.08. The summed E-state index contributed by atoms with van der Waals surface area (Å²) in [5, 5.41) is 7.13. The molecule has 1 heterocycles. The van der Waals surface area contributed by atoms with Crippen LogP contribution >= 0.6 is 0 Å². The highest BCUT2D eigenvalue weighted by Gasteiger charge is 2.15. The third kappa shape index (κ3) is 5.45. The smallest absolute Gasteiger partial charge is 0.260 e. The van der Waals surface area contributed by atoms with Crippen molar-refractivity contribution in [1.29, 1.82) is 0 Å². The van der Waals surface area contributed by atoms with Gasteiger partial charge in [-0.1, -0.05) is 49.4 Å². The molecule has 3 rings (SSSR count). The first kappa shape index (κ1) is 18.7. The number of nitrogens with zero attached hydrogens (tertiary/aromatic N) is 2. The van der Waals surface area contributed by atoms with Crippen LogP contribution in [0.1, 0.15) is 13.8 Å². The molecule has 0 aliphatic heterocycles. The Labute approximate surface area is 160 Å². The minimum absolute atomic E-state index is 0.116. The highest BCUT2D eigenvalue weighted by atomic mass is 16.5. The van der Waals surface area contributed by atoms with Crippen molar-refractivity contribution >= 4 is 5.91 Å². The fraction of sp³-hybridized carbons (Fsp3) is 0.273. The standard InChI is InChI=1S/C22H25N3O2/c1-17(16-25-14-6-13-24-25)15-23-22(26)18(2)27-21-11-9-20(10-12-21)19-7-4-3-5-8-19/h3-14,17-18H,15-16H2,1-2H3,(H,23,26). The van der Waals surface area contributed by atoms with Crippen molar-refractivity contribution in [3.63, 3.8) is 0 Å². The molecule has 0 fully saturated rings. The molecule has 2 atom stereocenters. The molecule has 2 unspecified atom stereocenters. The Morgan fingerprint density at radius 3 is 2.41 bits per heavy atom. The fourth-order valence-electron chi connectivity index (χ4n) is 2.83. The molecule has 5 heteroatoms. The molecule has 0 spiro atoms. The minimum atomic E-state index is -0.551. The van der Waals surface area contributed by atoms with Crippen LogP contribution in [0.15, 0.2) is 73.1 Å². The Morgan fingerprint density at radius 1 is 1.04 bits per heavy atom. The molecule has 1 amide bonds. The average molecular weight is 363 g/mol. The SMILES string of the molecule is CC(CNC(=O)C(C)Oc1ccc(-c2ccccc2)cc1)Cn1cccn1. The third-order valence-electron chi connectivity index (χ3n) is 4.33. The maximum Gasteiger partial charge on any atom is 0.260 e. The van der Waals surface area contributed by atoms with Crippen molar-refractivity contribution in [2.75, 3.05) is 6.54 Å². The lowest BCUT2D eigenvalue weighted by molar-refractivity contribution is -0.127. The van der Waals surface area contributed by atoms with E-state index in [1.807, 2.05) is 59.4 Å². The van der Waals surface area contributed by atoms with Crippen LogP contribution in [-0.4, -0.2) is 28.3 Å². The van der Waals surface area contributed by atoms with Crippen molar-refractivity contribution in [1.82, 2.24) is 15.1 Å². The topological polar surface area (TPSA) is 56.1 Å². The van der Waals surface area contributed by atoms with E-state index in [-0.39, 0.29) is 11.8 Å². The number of benzene rings is 2. The second-order valence-corrected chi connectivity index (χ2v) is 6.73. The van der Waals surface area contributed by atoms with Gasteiger partial charge in [0, 0.05) is 25.5 Å². The van der Waals surface area contributed by atoms with E-state index in [0.717, 1.165) is 17.7 Å². The van der Waals surface area contributed by atoms with Crippen LogP contribution in [-0.2, 0) is 11.3 Å². The number of nitrogens with one attached hydrogen (secondary N) is 1. The molecule has 27 heavy (non-hydrogen) atoms. The second kappa shape index (κ2) is 9.03. The number of aromatic nitrogens is 2. The molecule has 2 aromatic carbocycles.